The molecule has 4 atom stereocenters. The fourth-order valence-electron chi connectivity index (χ4n) is 3.02. The van der Waals surface area contributed by atoms with Crippen LogP contribution in [-0.4, -0.2) is 71.3 Å². The maximum absolute atomic E-state index is 11.9. The van der Waals surface area contributed by atoms with Gasteiger partial charge >= 0.3 is 6.03 Å². The van der Waals surface area contributed by atoms with Crippen LogP contribution in [-0.2, 0) is 14.3 Å². The molecule has 3 amide bonds. The lowest BCUT2D eigenvalue weighted by Crippen LogP contribution is -2.56. The van der Waals surface area contributed by atoms with Crippen LogP contribution in [0.2, 0.25) is 0 Å². The number of aliphatic hydroxyl groups excluding tert-OH is 2. The molecule has 0 saturated carbocycles. The summed E-state index contributed by atoms with van der Waals surface area (Å²) in [6.07, 6.45) is 2.10. The van der Waals surface area contributed by atoms with Gasteiger partial charge in [0.2, 0.25) is 5.91 Å². The van der Waals surface area contributed by atoms with Gasteiger partial charge in [-0.2, -0.15) is 0 Å². The molecule has 2 heterocycles. The first-order chi connectivity index (χ1) is 12.8. The van der Waals surface area contributed by atoms with Gasteiger partial charge in [0.05, 0.1) is 13.2 Å². The van der Waals surface area contributed by atoms with Gasteiger partial charge in [0.15, 0.2) is 6.23 Å². The van der Waals surface area contributed by atoms with E-state index in [4.69, 9.17) is 9.47 Å². The Morgan fingerprint density at radius 3 is 2.67 bits per heavy atom. The second-order valence-electron chi connectivity index (χ2n) is 7.25. The lowest BCUT2D eigenvalue weighted by atomic mass is 10.1. The SMILES string of the molecule is CC(C)=CCC/C(C)=C/COCC1OC(N2CCC(=O)NC2=O)C(O)C1O. The zero-order valence-corrected chi connectivity index (χ0v) is 16.2. The van der Waals surface area contributed by atoms with Crippen molar-refractivity contribution in [2.75, 3.05) is 19.8 Å². The van der Waals surface area contributed by atoms with Crippen LogP contribution in [0.25, 0.3) is 0 Å². The van der Waals surface area contributed by atoms with Gasteiger partial charge in [-0.05, 0) is 33.6 Å². The number of amides is 3. The highest BCUT2D eigenvalue weighted by molar-refractivity contribution is 5.96. The first kappa shape index (κ1) is 21.6. The van der Waals surface area contributed by atoms with Crippen molar-refractivity contribution < 1.29 is 29.3 Å². The molecule has 0 bridgehead atoms. The Morgan fingerprint density at radius 2 is 2.00 bits per heavy atom. The van der Waals surface area contributed by atoms with Crippen LogP contribution in [0.15, 0.2) is 23.3 Å². The first-order valence-electron chi connectivity index (χ1n) is 9.28. The van der Waals surface area contributed by atoms with E-state index in [1.54, 1.807) is 0 Å². The highest BCUT2D eigenvalue weighted by Crippen LogP contribution is 2.25. The van der Waals surface area contributed by atoms with Crippen LogP contribution in [0, 0.1) is 0 Å². The van der Waals surface area contributed by atoms with Gasteiger partial charge in [-0.3, -0.25) is 15.0 Å². The maximum atomic E-state index is 11.9. The van der Waals surface area contributed by atoms with Crippen LogP contribution in [0.1, 0.15) is 40.0 Å². The summed E-state index contributed by atoms with van der Waals surface area (Å²) in [4.78, 5) is 24.3. The lowest BCUT2D eigenvalue weighted by Gasteiger charge is -2.32. The third kappa shape index (κ3) is 6.14. The Bertz CT molecular complexity index is 599. The molecule has 8 nitrogen and oxygen atoms in total. The predicted octanol–water partition coefficient (Wildman–Crippen LogP) is 1.08. The fourth-order valence-corrected chi connectivity index (χ4v) is 3.02. The summed E-state index contributed by atoms with van der Waals surface area (Å²) >= 11 is 0. The molecule has 2 fully saturated rings. The molecule has 0 aliphatic carbocycles. The number of carbonyl (C=O) groups excluding carboxylic acids is 2. The van der Waals surface area contributed by atoms with Gasteiger partial charge in [0.25, 0.3) is 0 Å². The Hall–Kier alpha value is -1.74. The molecule has 4 unspecified atom stereocenters. The van der Waals surface area contributed by atoms with Crippen molar-refractivity contribution in [3.8, 4) is 0 Å². The molecule has 0 spiro atoms. The number of aliphatic hydroxyl groups is 2. The molecule has 8 heteroatoms. The summed E-state index contributed by atoms with van der Waals surface area (Å²) in [5.74, 6) is -0.365. The number of allylic oxidation sites excluding steroid dienone is 3. The molecule has 152 valence electrons. The number of carbonyl (C=O) groups is 2. The topological polar surface area (TPSA) is 108 Å². The van der Waals surface area contributed by atoms with Gasteiger partial charge in [0, 0.05) is 13.0 Å². The number of nitrogens with one attached hydrogen (secondary N) is 1. The maximum Gasteiger partial charge on any atom is 0.326 e. The fraction of sp³-hybridized carbons (Fsp3) is 0.684. The van der Waals surface area contributed by atoms with E-state index < -0.39 is 30.6 Å². The van der Waals surface area contributed by atoms with Gasteiger partial charge in [-0.1, -0.05) is 23.3 Å². The third-order valence-electron chi connectivity index (χ3n) is 4.65. The summed E-state index contributed by atoms with van der Waals surface area (Å²) in [7, 11) is 0. The molecule has 2 aliphatic rings. The average Bonchev–Trinajstić information content (AvgIpc) is 2.87. The molecular formula is C19H30N2O6. The van der Waals surface area contributed by atoms with Crippen molar-refractivity contribution in [3.05, 3.63) is 23.3 Å². The van der Waals surface area contributed by atoms with Gasteiger partial charge in [-0.25, -0.2) is 4.79 Å². The Kier molecular flexibility index (Phi) is 7.97. The number of rotatable bonds is 8. The highest BCUT2D eigenvalue weighted by atomic mass is 16.6. The Morgan fingerprint density at radius 1 is 1.26 bits per heavy atom. The molecular weight excluding hydrogens is 352 g/mol. The van der Waals surface area contributed by atoms with Crippen LogP contribution in [0.3, 0.4) is 0 Å². The number of urea groups is 1. The molecule has 3 N–H and O–H groups in total. The van der Waals surface area contributed by atoms with E-state index in [0.29, 0.717) is 6.61 Å². The normalized spacial score (nSPS) is 29.1. The molecule has 0 aromatic heterocycles. The van der Waals surface area contributed by atoms with E-state index in [-0.39, 0.29) is 25.5 Å². The van der Waals surface area contributed by atoms with Crippen LogP contribution in [0.5, 0.6) is 0 Å². The predicted molar refractivity (Wildman–Crippen MR) is 98.8 cm³/mol. The minimum atomic E-state index is -1.25. The standard InChI is InChI=1S/C19H30N2O6/c1-12(2)5-4-6-13(3)8-10-26-11-14-16(23)17(24)18(27-14)21-9-7-15(22)20-19(21)25/h5,8,14,16-18,23-24H,4,6-7,9-11H2,1-3H3,(H,20,22,25)/b13-8+. The Labute approximate surface area is 159 Å². The molecule has 0 aromatic carbocycles. The van der Waals surface area contributed by atoms with Crippen molar-refractivity contribution >= 4 is 11.9 Å². The second kappa shape index (κ2) is 9.98. The van der Waals surface area contributed by atoms with Gasteiger partial charge < -0.3 is 19.7 Å². The average molecular weight is 382 g/mol. The third-order valence-corrected chi connectivity index (χ3v) is 4.65. The first-order valence-corrected chi connectivity index (χ1v) is 9.28. The van der Waals surface area contributed by atoms with E-state index in [9.17, 15) is 19.8 Å². The zero-order chi connectivity index (χ0) is 20.0. The summed E-state index contributed by atoms with van der Waals surface area (Å²) in [5.41, 5.74) is 2.51. The van der Waals surface area contributed by atoms with Crippen LogP contribution in [0.4, 0.5) is 4.79 Å². The quantitative estimate of drug-likeness (QED) is 0.428. The number of imide groups is 1. The van der Waals surface area contributed by atoms with E-state index in [1.165, 1.54) is 16.0 Å². The molecule has 2 rings (SSSR count). The van der Waals surface area contributed by atoms with E-state index in [0.717, 1.165) is 12.8 Å². The minimum absolute atomic E-state index is 0.0981. The van der Waals surface area contributed by atoms with Crippen molar-refractivity contribution in [1.29, 1.82) is 0 Å². The number of hydrogen-bond donors (Lipinski definition) is 3. The summed E-state index contributed by atoms with van der Waals surface area (Å²) in [6, 6.07) is -0.626. The van der Waals surface area contributed by atoms with Crippen LogP contribution < -0.4 is 5.32 Å². The molecule has 0 radical (unpaired) electrons. The number of ether oxygens (including phenoxy) is 2. The minimum Gasteiger partial charge on any atom is -0.387 e. The summed E-state index contributed by atoms with van der Waals surface area (Å²) in [5, 5.41) is 22.5. The Balaban J connectivity index is 1.78. The molecule has 27 heavy (non-hydrogen) atoms. The highest BCUT2D eigenvalue weighted by Gasteiger charge is 2.47. The summed E-state index contributed by atoms with van der Waals surface area (Å²) < 4.78 is 11.2. The number of nitrogens with zero attached hydrogens (tertiary/aromatic N) is 1. The summed E-state index contributed by atoms with van der Waals surface area (Å²) in [6.45, 7) is 6.80. The molecule has 2 aliphatic heterocycles. The zero-order valence-electron chi connectivity index (χ0n) is 16.2. The molecule has 0 aromatic rings. The smallest absolute Gasteiger partial charge is 0.326 e. The van der Waals surface area contributed by atoms with Crippen LogP contribution >= 0.6 is 0 Å². The van der Waals surface area contributed by atoms with Crippen molar-refractivity contribution in [1.82, 2.24) is 10.2 Å². The van der Waals surface area contributed by atoms with Crippen molar-refractivity contribution in [3.63, 3.8) is 0 Å². The number of hydrogen-bond acceptors (Lipinski definition) is 6. The lowest BCUT2D eigenvalue weighted by molar-refractivity contribution is -0.126. The van der Waals surface area contributed by atoms with E-state index in [2.05, 4.69) is 25.2 Å². The van der Waals surface area contributed by atoms with Gasteiger partial charge in [-0.15, -0.1) is 0 Å². The van der Waals surface area contributed by atoms with Gasteiger partial charge in [0.1, 0.15) is 18.3 Å². The van der Waals surface area contributed by atoms with E-state index in [1.807, 2.05) is 13.0 Å². The monoisotopic (exact) mass is 382 g/mol. The molecule has 2 saturated heterocycles. The second-order valence-corrected chi connectivity index (χ2v) is 7.25. The van der Waals surface area contributed by atoms with Crippen molar-refractivity contribution in [2.45, 2.75) is 64.6 Å². The van der Waals surface area contributed by atoms with Crippen molar-refractivity contribution in [2.24, 2.45) is 0 Å². The van der Waals surface area contributed by atoms with E-state index >= 15 is 0 Å². The largest absolute Gasteiger partial charge is 0.387 e.